The van der Waals surface area contributed by atoms with Crippen LogP contribution in [-0.4, -0.2) is 30.2 Å². The van der Waals surface area contributed by atoms with E-state index in [1.54, 1.807) is 25.3 Å². The van der Waals surface area contributed by atoms with Gasteiger partial charge in [0.25, 0.3) is 11.8 Å². The van der Waals surface area contributed by atoms with E-state index in [1.807, 2.05) is 54.6 Å². The first-order chi connectivity index (χ1) is 17.2. The van der Waals surface area contributed by atoms with Crippen LogP contribution in [0.15, 0.2) is 77.9 Å². The van der Waals surface area contributed by atoms with Crippen LogP contribution in [0, 0.1) is 0 Å². The maximum absolute atomic E-state index is 13.0. The molecule has 188 valence electrons. The van der Waals surface area contributed by atoms with Crippen LogP contribution in [0.5, 0.6) is 5.75 Å². The lowest BCUT2D eigenvalue weighted by Crippen LogP contribution is -2.50. The molecule has 0 aliphatic carbocycles. The van der Waals surface area contributed by atoms with Gasteiger partial charge in [-0.3, -0.25) is 9.59 Å². The van der Waals surface area contributed by atoms with Gasteiger partial charge in [0.1, 0.15) is 11.8 Å². The number of benzene rings is 3. The molecule has 0 saturated heterocycles. The lowest BCUT2D eigenvalue weighted by Gasteiger charge is -2.21. The Hall–Kier alpha value is -3.35. The Bertz CT molecular complexity index is 1200. The van der Waals surface area contributed by atoms with Gasteiger partial charge < -0.3 is 10.1 Å². The topological polar surface area (TPSA) is 79.8 Å². The van der Waals surface area contributed by atoms with Crippen LogP contribution < -0.4 is 15.5 Å². The molecule has 0 bridgehead atoms. The summed E-state index contributed by atoms with van der Waals surface area (Å²) in [4.78, 5) is 25.9. The minimum atomic E-state index is -0.905. The molecule has 0 aromatic heterocycles. The van der Waals surface area contributed by atoms with Crippen molar-refractivity contribution < 1.29 is 14.3 Å². The number of rotatable bonds is 10. The molecular formula is C28H29Cl2N3O3. The Morgan fingerprint density at radius 3 is 2.28 bits per heavy atom. The van der Waals surface area contributed by atoms with E-state index >= 15 is 0 Å². The smallest absolute Gasteiger partial charge is 0.262 e. The van der Waals surface area contributed by atoms with Gasteiger partial charge in [-0.25, -0.2) is 5.43 Å². The highest BCUT2D eigenvalue weighted by Crippen LogP contribution is 2.28. The Labute approximate surface area is 221 Å². The van der Waals surface area contributed by atoms with Gasteiger partial charge in [0.15, 0.2) is 6.10 Å². The summed E-state index contributed by atoms with van der Waals surface area (Å²) in [5, 5.41) is 7.59. The molecule has 0 spiro atoms. The zero-order valence-electron chi connectivity index (χ0n) is 20.4. The van der Waals surface area contributed by atoms with Gasteiger partial charge in [0, 0.05) is 11.4 Å². The van der Waals surface area contributed by atoms with Gasteiger partial charge in [-0.1, -0.05) is 91.6 Å². The van der Waals surface area contributed by atoms with Crippen molar-refractivity contribution in [1.82, 2.24) is 10.7 Å². The summed E-state index contributed by atoms with van der Waals surface area (Å²) < 4.78 is 5.69. The highest BCUT2D eigenvalue weighted by atomic mass is 35.5. The number of carbonyl (C=O) groups is 2. The van der Waals surface area contributed by atoms with E-state index in [0.717, 1.165) is 11.1 Å². The fourth-order valence-electron chi connectivity index (χ4n) is 3.38. The molecule has 0 radical (unpaired) electrons. The van der Waals surface area contributed by atoms with E-state index in [9.17, 15) is 9.59 Å². The number of hydrazone groups is 1. The van der Waals surface area contributed by atoms with Crippen molar-refractivity contribution in [3.63, 3.8) is 0 Å². The molecule has 0 unspecified atom stereocenters. The molecule has 36 heavy (non-hydrogen) atoms. The fourth-order valence-corrected chi connectivity index (χ4v) is 3.83. The third-order valence-corrected chi connectivity index (χ3v) is 6.00. The Kier molecular flexibility index (Phi) is 9.91. The molecule has 0 aliphatic rings. The largest absolute Gasteiger partial charge is 0.479 e. The summed E-state index contributed by atoms with van der Waals surface area (Å²) in [7, 11) is 0. The molecular weight excluding hydrogens is 497 g/mol. The number of nitrogens with zero attached hydrogens (tertiary/aromatic N) is 1. The number of carbonyl (C=O) groups excluding carboxylic acids is 2. The molecule has 3 rings (SSSR count). The highest BCUT2D eigenvalue weighted by Gasteiger charge is 2.25. The van der Waals surface area contributed by atoms with E-state index in [2.05, 4.69) is 29.7 Å². The second-order valence-electron chi connectivity index (χ2n) is 8.64. The van der Waals surface area contributed by atoms with Crippen LogP contribution in [0.2, 0.25) is 10.0 Å². The SMILES string of the molecule is CC(C)c1ccc(/C=N\NC(=O)[C@@H](Cc2ccccc2)NC(=O)[C@@H](C)Oc2ccc(Cl)cc2Cl)cc1. The zero-order valence-corrected chi connectivity index (χ0v) is 21.9. The van der Waals surface area contributed by atoms with Crippen LogP contribution in [-0.2, 0) is 16.0 Å². The highest BCUT2D eigenvalue weighted by molar-refractivity contribution is 6.35. The van der Waals surface area contributed by atoms with E-state index in [0.29, 0.717) is 16.7 Å². The first-order valence-corrected chi connectivity index (χ1v) is 12.4. The van der Waals surface area contributed by atoms with Gasteiger partial charge in [-0.2, -0.15) is 5.10 Å². The monoisotopic (exact) mass is 525 g/mol. The normalized spacial score (nSPS) is 12.8. The maximum Gasteiger partial charge on any atom is 0.262 e. The van der Waals surface area contributed by atoms with E-state index < -0.39 is 24.0 Å². The van der Waals surface area contributed by atoms with E-state index in [4.69, 9.17) is 27.9 Å². The number of halogens is 2. The summed E-state index contributed by atoms with van der Waals surface area (Å²) in [5.41, 5.74) is 5.50. The zero-order chi connectivity index (χ0) is 26.1. The van der Waals surface area contributed by atoms with Crippen molar-refractivity contribution in [1.29, 1.82) is 0 Å². The molecule has 0 heterocycles. The van der Waals surface area contributed by atoms with Crippen molar-refractivity contribution in [2.45, 2.75) is 45.3 Å². The van der Waals surface area contributed by atoms with Crippen molar-refractivity contribution in [3.8, 4) is 5.75 Å². The van der Waals surface area contributed by atoms with Crippen LogP contribution in [0.1, 0.15) is 43.4 Å². The molecule has 2 N–H and O–H groups in total. The van der Waals surface area contributed by atoms with Crippen LogP contribution in [0.3, 0.4) is 0 Å². The van der Waals surface area contributed by atoms with Crippen molar-refractivity contribution >= 4 is 41.2 Å². The molecule has 6 nitrogen and oxygen atoms in total. The standard InChI is InChI=1S/C28H29Cl2N3O3/c1-18(2)22-11-9-21(10-12-22)17-31-33-28(35)25(15-20-7-5-4-6-8-20)32-27(34)19(3)36-26-14-13-23(29)16-24(26)30/h4-14,16-19,25H,15H2,1-3H3,(H,32,34)(H,33,35)/b31-17-/t19-,25-/m1/s1. The quantitative estimate of drug-likeness (QED) is 0.260. The predicted molar refractivity (Wildman–Crippen MR) is 145 cm³/mol. The average molecular weight is 526 g/mol. The van der Waals surface area contributed by atoms with Crippen molar-refractivity contribution in [2.24, 2.45) is 5.10 Å². The lowest BCUT2D eigenvalue weighted by atomic mass is 10.0. The number of amides is 2. The summed E-state index contributed by atoms with van der Waals surface area (Å²) in [6.45, 7) is 5.83. The van der Waals surface area contributed by atoms with Crippen molar-refractivity contribution in [3.05, 3.63) is 99.5 Å². The summed E-state index contributed by atoms with van der Waals surface area (Å²) in [6, 6.07) is 21.2. The molecule has 3 aromatic rings. The third kappa shape index (κ3) is 8.11. The van der Waals surface area contributed by atoms with Gasteiger partial charge >= 0.3 is 0 Å². The van der Waals surface area contributed by atoms with Gasteiger partial charge in [-0.15, -0.1) is 0 Å². The predicted octanol–water partition coefficient (Wildman–Crippen LogP) is 5.76. The molecule has 0 saturated carbocycles. The second-order valence-corrected chi connectivity index (χ2v) is 9.48. The third-order valence-electron chi connectivity index (χ3n) is 5.47. The first kappa shape index (κ1) is 27.2. The maximum atomic E-state index is 13.0. The van der Waals surface area contributed by atoms with Crippen LogP contribution in [0.4, 0.5) is 0 Å². The van der Waals surface area contributed by atoms with Gasteiger partial charge in [0.05, 0.1) is 11.2 Å². The second kappa shape index (κ2) is 13.1. The fraction of sp³-hybridized carbons (Fsp3) is 0.250. The molecule has 0 fully saturated rings. The Balaban J connectivity index is 1.67. The molecule has 2 amide bonds. The molecule has 2 atom stereocenters. The molecule has 8 heteroatoms. The van der Waals surface area contributed by atoms with Crippen molar-refractivity contribution in [2.75, 3.05) is 0 Å². The summed E-state index contributed by atoms with van der Waals surface area (Å²) >= 11 is 12.1. The van der Waals surface area contributed by atoms with Gasteiger partial charge in [0.2, 0.25) is 0 Å². The van der Waals surface area contributed by atoms with Gasteiger partial charge in [-0.05, 0) is 47.7 Å². The average Bonchev–Trinajstić information content (AvgIpc) is 2.86. The number of ether oxygens (including phenoxy) is 1. The minimum Gasteiger partial charge on any atom is -0.479 e. The van der Waals surface area contributed by atoms with E-state index in [1.165, 1.54) is 11.6 Å². The summed E-state index contributed by atoms with van der Waals surface area (Å²) in [5.74, 6) is -0.162. The number of nitrogens with one attached hydrogen (secondary N) is 2. The number of hydrogen-bond donors (Lipinski definition) is 2. The lowest BCUT2D eigenvalue weighted by molar-refractivity contribution is -0.132. The molecule has 0 aliphatic heterocycles. The number of hydrogen-bond acceptors (Lipinski definition) is 4. The first-order valence-electron chi connectivity index (χ1n) is 11.6. The summed E-state index contributed by atoms with van der Waals surface area (Å²) in [6.07, 6.45) is 0.945. The van der Waals surface area contributed by atoms with Crippen LogP contribution in [0.25, 0.3) is 0 Å². The Morgan fingerprint density at radius 1 is 0.944 bits per heavy atom. The van der Waals surface area contributed by atoms with Crippen LogP contribution >= 0.6 is 23.2 Å². The minimum absolute atomic E-state index is 0.283. The van der Waals surface area contributed by atoms with E-state index in [-0.39, 0.29) is 11.4 Å². The Morgan fingerprint density at radius 2 is 1.64 bits per heavy atom. The molecule has 3 aromatic carbocycles.